The Hall–Kier alpha value is -2.83. The number of rotatable bonds is 12. The SMILES string of the molecule is CCC(CC)(c1ccc(/C=C/C2(O)CCCCC2)c(C)c1)c1ccc(OCCCC/C(=N/N)NN)c(C)c1. The van der Waals surface area contributed by atoms with Crippen LogP contribution in [0.25, 0.3) is 6.08 Å². The third kappa shape index (κ3) is 7.17. The molecule has 0 heterocycles. The van der Waals surface area contributed by atoms with Crippen LogP contribution < -0.4 is 21.8 Å². The standard InChI is InChI=1S/C32H48N4O2/c1-5-32(6-2,27-14-13-26(24(3)22-27)17-20-31(37)18-9-7-10-19-31)28-15-16-29(25(4)23-28)38-21-11-8-12-30(35-33)36-34/h13-17,20,22-23,37H,5-12,18-19,21,33-34H2,1-4H3,(H,35,36)/b20-17+. The Balaban J connectivity index is 1.74. The fourth-order valence-corrected chi connectivity index (χ4v) is 5.83. The second kappa shape index (κ2) is 13.8. The molecule has 2 aromatic rings. The van der Waals surface area contributed by atoms with Gasteiger partial charge in [0.1, 0.15) is 11.6 Å². The van der Waals surface area contributed by atoms with Gasteiger partial charge in [0, 0.05) is 11.8 Å². The van der Waals surface area contributed by atoms with Gasteiger partial charge in [0.2, 0.25) is 0 Å². The third-order valence-electron chi connectivity index (χ3n) is 8.44. The highest BCUT2D eigenvalue weighted by Crippen LogP contribution is 2.41. The van der Waals surface area contributed by atoms with E-state index in [4.69, 9.17) is 16.4 Å². The molecular formula is C32H48N4O2. The molecule has 1 saturated carbocycles. The lowest BCUT2D eigenvalue weighted by molar-refractivity contribution is 0.0521. The van der Waals surface area contributed by atoms with Crippen molar-refractivity contribution in [2.75, 3.05) is 6.61 Å². The van der Waals surface area contributed by atoms with Crippen LogP contribution in [0.5, 0.6) is 5.75 Å². The molecule has 0 bridgehead atoms. The monoisotopic (exact) mass is 520 g/mol. The molecule has 0 atom stereocenters. The molecule has 0 aliphatic heterocycles. The van der Waals surface area contributed by atoms with E-state index in [1.165, 1.54) is 28.7 Å². The van der Waals surface area contributed by atoms with Crippen molar-refractivity contribution in [3.05, 3.63) is 70.3 Å². The molecule has 208 valence electrons. The smallest absolute Gasteiger partial charge is 0.135 e. The predicted octanol–water partition coefficient (Wildman–Crippen LogP) is 6.40. The lowest BCUT2D eigenvalue weighted by Gasteiger charge is -2.34. The number of unbranched alkanes of at least 4 members (excludes halogenated alkanes) is 1. The van der Waals surface area contributed by atoms with E-state index in [9.17, 15) is 5.11 Å². The summed E-state index contributed by atoms with van der Waals surface area (Å²) in [6, 6.07) is 13.5. The topological polar surface area (TPSA) is 106 Å². The average molecular weight is 521 g/mol. The minimum absolute atomic E-state index is 0.0644. The van der Waals surface area contributed by atoms with E-state index in [2.05, 4.69) is 80.7 Å². The first-order valence-corrected chi connectivity index (χ1v) is 14.3. The van der Waals surface area contributed by atoms with Crippen LogP contribution in [0.4, 0.5) is 0 Å². The van der Waals surface area contributed by atoms with Gasteiger partial charge in [0.15, 0.2) is 0 Å². The molecule has 6 N–H and O–H groups in total. The Bertz CT molecular complexity index is 1100. The number of hydrazine groups is 1. The fraction of sp³-hybridized carbons (Fsp3) is 0.531. The van der Waals surface area contributed by atoms with Crippen molar-refractivity contribution in [3.8, 4) is 5.75 Å². The van der Waals surface area contributed by atoms with Gasteiger partial charge in [0.25, 0.3) is 0 Å². The van der Waals surface area contributed by atoms with Gasteiger partial charge in [-0.2, -0.15) is 5.10 Å². The molecule has 1 aliphatic carbocycles. The summed E-state index contributed by atoms with van der Waals surface area (Å²) in [7, 11) is 0. The van der Waals surface area contributed by atoms with Crippen molar-refractivity contribution >= 4 is 11.9 Å². The second-order valence-corrected chi connectivity index (χ2v) is 10.9. The summed E-state index contributed by atoms with van der Waals surface area (Å²) in [6.45, 7) is 9.50. The first kappa shape index (κ1) is 29.7. The zero-order valence-electron chi connectivity index (χ0n) is 23.9. The Morgan fingerprint density at radius 1 is 1.03 bits per heavy atom. The molecule has 0 radical (unpaired) electrons. The van der Waals surface area contributed by atoms with Crippen molar-refractivity contribution in [1.29, 1.82) is 0 Å². The lowest BCUT2D eigenvalue weighted by atomic mass is 9.70. The number of aliphatic hydroxyl groups is 1. The van der Waals surface area contributed by atoms with E-state index in [1.54, 1.807) is 0 Å². The van der Waals surface area contributed by atoms with E-state index in [0.717, 1.165) is 62.7 Å². The number of nitrogens with one attached hydrogen (secondary N) is 1. The van der Waals surface area contributed by atoms with Crippen LogP contribution in [0.1, 0.15) is 106 Å². The number of nitrogens with zero attached hydrogens (tertiary/aromatic N) is 1. The molecule has 38 heavy (non-hydrogen) atoms. The van der Waals surface area contributed by atoms with Crippen LogP contribution >= 0.6 is 0 Å². The van der Waals surface area contributed by atoms with Gasteiger partial charge in [-0.25, -0.2) is 5.84 Å². The van der Waals surface area contributed by atoms with Gasteiger partial charge in [0.05, 0.1) is 12.2 Å². The minimum Gasteiger partial charge on any atom is -0.493 e. The van der Waals surface area contributed by atoms with Gasteiger partial charge in [-0.1, -0.05) is 75.6 Å². The van der Waals surface area contributed by atoms with E-state index < -0.39 is 5.60 Å². The normalized spacial score (nSPS) is 16.1. The largest absolute Gasteiger partial charge is 0.493 e. The Morgan fingerprint density at radius 3 is 2.26 bits per heavy atom. The Labute approximate surface area is 229 Å². The summed E-state index contributed by atoms with van der Waals surface area (Å²) in [5, 5.41) is 14.5. The van der Waals surface area contributed by atoms with Crippen LogP contribution in [-0.4, -0.2) is 23.2 Å². The molecule has 0 amide bonds. The molecule has 2 aromatic carbocycles. The summed E-state index contributed by atoms with van der Waals surface area (Å²) in [5.74, 6) is 12.2. The maximum atomic E-state index is 10.9. The predicted molar refractivity (Wildman–Crippen MR) is 159 cm³/mol. The fourth-order valence-electron chi connectivity index (χ4n) is 5.83. The quantitative estimate of drug-likeness (QED) is 0.0851. The molecule has 1 aliphatic rings. The molecule has 0 spiro atoms. The van der Waals surface area contributed by atoms with Crippen LogP contribution in [0, 0.1) is 13.8 Å². The van der Waals surface area contributed by atoms with Crippen molar-refractivity contribution in [2.45, 2.75) is 103 Å². The molecule has 6 nitrogen and oxygen atoms in total. The van der Waals surface area contributed by atoms with Crippen molar-refractivity contribution < 1.29 is 9.84 Å². The maximum absolute atomic E-state index is 10.9. The number of nitrogens with two attached hydrogens (primary N) is 2. The maximum Gasteiger partial charge on any atom is 0.135 e. The summed E-state index contributed by atoms with van der Waals surface area (Å²) in [6.07, 6.45) is 13.8. The van der Waals surface area contributed by atoms with E-state index in [-0.39, 0.29) is 5.41 Å². The Kier molecular flexibility index (Phi) is 10.8. The summed E-state index contributed by atoms with van der Waals surface area (Å²) in [4.78, 5) is 0. The molecule has 1 fully saturated rings. The molecule has 0 aromatic heterocycles. The molecule has 0 saturated heterocycles. The summed E-state index contributed by atoms with van der Waals surface area (Å²) in [5.41, 5.74) is 8.04. The van der Waals surface area contributed by atoms with Crippen LogP contribution in [0.2, 0.25) is 0 Å². The molecule has 3 rings (SSSR count). The zero-order chi connectivity index (χ0) is 27.6. The molecule has 6 heteroatoms. The number of hydrogen-bond donors (Lipinski definition) is 4. The van der Waals surface area contributed by atoms with Gasteiger partial charge >= 0.3 is 0 Å². The number of hydrazone groups is 1. The first-order chi connectivity index (χ1) is 18.3. The third-order valence-corrected chi connectivity index (χ3v) is 8.44. The number of aryl methyl sites for hydroxylation is 2. The van der Waals surface area contributed by atoms with Crippen molar-refractivity contribution in [2.24, 2.45) is 16.8 Å². The average Bonchev–Trinajstić information content (AvgIpc) is 2.92. The van der Waals surface area contributed by atoms with Crippen molar-refractivity contribution in [3.63, 3.8) is 0 Å². The van der Waals surface area contributed by atoms with Gasteiger partial charge in [-0.15, -0.1) is 0 Å². The second-order valence-electron chi connectivity index (χ2n) is 10.9. The van der Waals surface area contributed by atoms with Crippen LogP contribution in [-0.2, 0) is 5.41 Å². The zero-order valence-corrected chi connectivity index (χ0v) is 23.9. The van der Waals surface area contributed by atoms with Gasteiger partial charge < -0.3 is 21.1 Å². The Morgan fingerprint density at radius 2 is 1.68 bits per heavy atom. The van der Waals surface area contributed by atoms with Gasteiger partial charge in [-0.3, -0.25) is 0 Å². The lowest BCUT2D eigenvalue weighted by Crippen LogP contribution is -2.31. The number of ether oxygens (including phenoxy) is 1. The molecule has 0 unspecified atom stereocenters. The highest BCUT2D eigenvalue weighted by atomic mass is 16.5. The van der Waals surface area contributed by atoms with Crippen molar-refractivity contribution in [1.82, 2.24) is 5.43 Å². The van der Waals surface area contributed by atoms with Crippen LogP contribution in [0.3, 0.4) is 0 Å². The van der Waals surface area contributed by atoms with Crippen LogP contribution in [0.15, 0.2) is 47.6 Å². The highest BCUT2D eigenvalue weighted by Gasteiger charge is 2.31. The number of benzene rings is 2. The summed E-state index contributed by atoms with van der Waals surface area (Å²) < 4.78 is 6.10. The number of amidine groups is 1. The molecular weight excluding hydrogens is 472 g/mol. The highest BCUT2D eigenvalue weighted by molar-refractivity contribution is 5.81. The minimum atomic E-state index is -0.648. The van der Waals surface area contributed by atoms with Gasteiger partial charge in [-0.05, 0) is 86.3 Å². The first-order valence-electron chi connectivity index (χ1n) is 14.3. The van der Waals surface area contributed by atoms with E-state index in [0.29, 0.717) is 18.9 Å². The van der Waals surface area contributed by atoms with E-state index in [1.807, 2.05) is 6.08 Å². The van der Waals surface area contributed by atoms with E-state index >= 15 is 0 Å². The number of hydrogen-bond acceptors (Lipinski definition) is 5. The summed E-state index contributed by atoms with van der Waals surface area (Å²) >= 11 is 0.